The zero-order valence-electron chi connectivity index (χ0n) is 7.17. The van der Waals surface area contributed by atoms with Gasteiger partial charge in [0.25, 0.3) is 0 Å². The van der Waals surface area contributed by atoms with Crippen LogP contribution >= 0.6 is 0 Å². The van der Waals surface area contributed by atoms with Crippen LogP contribution in [0.1, 0.15) is 0 Å². The third-order valence-corrected chi connectivity index (χ3v) is 2.05. The lowest BCUT2D eigenvalue weighted by atomic mass is 10.2. The molecule has 1 aliphatic rings. The lowest BCUT2D eigenvalue weighted by Gasteiger charge is -2.27. The number of carbonyl (C=O) groups excluding carboxylic acids is 1. The number of likely N-dealkylation sites (N-methyl/N-ethyl adjacent to an activating group) is 1. The molecule has 1 aromatic rings. The van der Waals surface area contributed by atoms with Crippen molar-refractivity contribution in [3.05, 3.63) is 24.0 Å². The molecule has 0 spiro atoms. The molecule has 0 saturated heterocycles. The van der Waals surface area contributed by atoms with Crippen molar-refractivity contribution in [3.63, 3.8) is 0 Å². The second-order valence-electron chi connectivity index (χ2n) is 3.04. The van der Waals surface area contributed by atoms with E-state index in [2.05, 4.69) is 5.32 Å². The largest absolute Gasteiger partial charge is 0.364 e. The molecule has 0 aliphatic carbocycles. The molecule has 0 radical (unpaired) electrons. The summed E-state index contributed by atoms with van der Waals surface area (Å²) in [4.78, 5) is 12.8. The summed E-state index contributed by atoms with van der Waals surface area (Å²) in [6.45, 7) is 0.274. The average Bonchev–Trinajstić information content (AvgIpc) is 2.07. The van der Waals surface area contributed by atoms with Crippen molar-refractivity contribution in [1.82, 2.24) is 0 Å². The topological polar surface area (TPSA) is 32.3 Å². The number of fused-ring (bicyclic) bond motifs is 1. The van der Waals surface area contributed by atoms with Gasteiger partial charge in [-0.3, -0.25) is 4.79 Å². The third kappa shape index (κ3) is 1.24. The summed E-state index contributed by atoms with van der Waals surface area (Å²) in [5.74, 6) is -0.572. The van der Waals surface area contributed by atoms with E-state index in [0.717, 1.165) is 5.69 Å². The third-order valence-electron chi connectivity index (χ3n) is 2.05. The first-order chi connectivity index (χ1) is 6.18. The van der Waals surface area contributed by atoms with Crippen molar-refractivity contribution in [3.8, 4) is 0 Å². The summed E-state index contributed by atoms with van der Waals surface area (Å²) in [5.41, 5.74) is 1.00. The van der Waals surface area contributed by atoms with Crippen molar-refractivity contribution >= 4 is 17.3 Å². The van der Waals surface area contributed by atoms with Gasteiger partial charge in [-0.1, -0.05) is 6.07 Å². The molecule has 1 heterocycles. The molecule has 1 amide bonds. The quantitative estimate of drug-likeness (QED) is 0.651. The van der Waals surface area contributed by atoms with Crippen molar-refractivity contribution in [1.29, 1.82) is 0 Å². The van der Waals surface area contributed by atoms with Crippen LogP contribution in [0.15, 0.2) is 18.2 Å². The Kier molecular flexibility index (Phi) is 1.69. The van der Waals surface area contributed by atoms with Gasteiger partial charge in [0.05, 0.1) is 12.2 Å². The fourth-order valence-electron chi connectivity index (χ4n) is 1.43. The zero-order chi connectivity index (χ0) is 9.42. The number of halogens is 1. The van der Waals surface area contributed by atoms with E-state index in [9.17, 15) is 9.18 Å². The van der Waals surface area contributed by atoms with Gasteiger partial charge in [-0.25, -0.2) is 4.39 Å². The van der Waals surface area contributed by atoms with E-state index in [0.29, 0.717) is 0 Å². The first kappa shape index (κ1) is 8.04. The van der Waals surface area contributed by atoms with Crippen LogP contribution in [0.25, 0.3) is 0 Å². The molecule has 0 saturated carbocycles. The smallest absolute Gasteiger partial charge is 0.244 e. The van der Waals surface area contributed by atoms with Gasteiger partial charge in [0.15, 0.2) is 0 Å². The number of carbonyl (C=O) groups is 1. The van der Waals surface area contributed by atoms with Crippen molar-refractivity contribution in [2.45, 2.75) is 0 Å². The van der Waals surface area contributed by atoms with E-state index < -0.39 is 5.82 Å². The maximum absolute atomic E-state index is 13.2. The number of benzene rings is 1. The predicted octanol–water partition coefficient (Wildman–Crippen LogP) is 1.21. The second kappa shape index (κ2) is 2.73. The van der Waals surface area contributed by atoms with Crippen molar-refractivity contribution in [2.24, 2.45) is 0 Å². The molecule has 4 heteroatoms. The lowest BCUT2D eigenvalue weighted by molar-refractivity contribution is -0.115. The summed E-state index contributed by atoms with van der Waals surface area (Å²) >= 11 is 0. The zero-order valence-corrected chi connectivity index (χ0v) is 7.17. The first-order valence-electron chi connectivity index (χ1n) is 3.98. The Hall–Kier alpha value is -1.58. The first-order valence-corrected chi connectivity index (χ1v) is 3.98. The molecule has 0 unspecified atom stereocenters. The van der Waals surface area contributed by atoms with Gasteiger partial charge in [0.2, 0.25) is 5.91 Å². The molecule has 68 valence electrons. The van der Waals surface area contributed by atoms with Gasteiger partial charge in [-0.15, -0.1) is 0 Å². The highest BCUT2D eigenvalue weighted by molar-refractivity contribution is 6.01. The molecule has 1 aromatic carbocycles. The molecule has 13 heavy (non-hydrogen) atoms. The Bertz CT molecular complexity index is 365. The molecule has 3 nitrogen and oxygen atoms in total. The summed E-state index contributed by atoms with van der Waals surface area (Å²) in [5, 5.41) is 2.50. The fraction of sp³-hybridized carbons (Fsp3) is 0.222. The van der Waals surface area contributed by atoms with Crippen LogP contribution in [0.5, 0.6) is 0 Å². The summed E-state index contributed by atoms with van der Waals surface area (Å²) in [6, 6.07) is 4.73. The predicted molar refractivity (Wildman–Crippen MR) is 48.3 cm³/mol. The SMILES string of the molecule is CN1CC(=O)Nc2c(F)cccc21. The molecular formula is C9H9FN2O. The molecule has 0 bridgehead atoms. The fourth-order valence-corrected chi connectivity index (χ4v) is 1.43. The summed E-state index contributed by atoms with van der Waals surface area (Å²) < 4.78 is 13.2. The minimum absolute atomic E-state index is 0.180. The monoisotopic (exact) mass is 180 g/mol. The summed E-state index contributed by atoms with van der Waals surface area (Å²) in [7, 11) is 1.76. The number of nitrogens with one attached hydrogen (secondary N) is 1. The highest BCUT2D eigenvalue weighted by Crippen LogP contribution is 2.30. The average molecular weight is 180 g/mol. The highest BCUT2D eigenvalue weighted by Gasteiger charge is 2.21. The molecule has 2 rings (SSSR count). The molecule has 0 fully saturated rings. The Morgan fingerprint density at radius 3 is 3.08 bits per heavy atom. The van der Waals surface area contributed by atoms with E-state index in [-0.39, 0.29) is 18.1 Å². The van der Waals surface area contributed by atoms with Gasteiger partial charge in [-0.2, -0.15) is 0 Å². The van der Waals surface area contributed by atoms with Crippen LogP contribution in [-0.4, -0.2) is 19.5 Å². The van der Waals surface area contributed by atoms with Crippen molar-refractivity contribution < 1.29 is 9.18 Å². The minimum Gasteiger partial charge on any atom is -0.364 e. The number of nitrogens with zero attached hydrogens (tertiary/aromatic N) is 1. The number of rotatable bonds is 0. The normalized spacial score (nSPS) is 15.2. The minimum atomic E-state index is -0.391. The lowest BCUT2D eigenvalue weighted by Crippen LogP contribution is -2.35. The number of anilines is 2. The molecule has 1 aliphatic heterocycles. The van der Waals surface area contributed by atoms with Crippen molar-refractivity contribution in [2.75, 3.05) is 23.8 Å². The Labute approximate surface area is 75.2 Å². The van der Waals surface area contributed by atoms with Gasteiger partial charge >= 0.3 is 0 Å². The number of amides is 1. The number of hydrogen-bond acceptors (Lipinski definition) is 2. The Morgan fingerprint density at radius 2 is 2.31 bits per heavy atom. The Morgan fingerprint density at radius 1 is 1.54 bits per heavy atom. The standard InChI is InChI=1S/C9H9FN2O/c1-12-5-8(13)11-9-6(10)3-2-4-7(9)12/h2-4H,5H2,1H3,(H,11,13). The van der Waals surface area contributed by atoms with Crippen LogP contribution < -0.4 is 10.2 Å². The molecule has 0 aromatic heterocycles. The van der Waals surface area contributed by atoms with Gasteiger partial charge in [-0.05, 0) is 12.1 Å². The second-order valence-corrected chi connectivity index (χ2v) is 3.04. The van der Waals surface area contributed by atoms with Crippen LogP contribution in [0.4, 0.5) is 15.8 Å². The number of hydrogen-bond donors (Lipinski definition) is 1. The van der Waals surface area contributed by atoms with E-state index >= 15 is 0 Å². The maximum atomic E-state index is 13.2. The van der Waals surface area contributed by atoms with Crippen LogP contribution in [0.2, 0.25) is 0 Å². The van der Waals surface area contributed by atoms with E-state index in [1.807, 2.05) is 0 Å². The molecule has 1 N–H and O–H groups in total. The van der Waals surface area contributed by atoms with Crippen LogP contribution in [-0.2, 0) is 4.79 Å². The van der Waals surface area contributed by atoms with E-state index in [1.165, 1.54) is 6.07 Å². The van der Waals surface area contributed by atoms with Gasteiger partial charge < -0.3 is 10.2 Å². The molecular weight excluding hydrogens is 171 g/mol. The number of para-hydroxylation sites is 1. The van der Waals surface area contributed by atoms with Crippen LogP contribution in [0.3, 0.4) is 0 Å². The summed E-state index contributed by atoms with van der Waals surface area (Å²) in [6.07, 6.45) is 0. The van der Waals surface area contributed by atoms with Crippen LogP contribution in [0, 0.1) is 5.82 Å². The highest BCUT2D eigenvalue weighted by atomic mass is 19.1. The van der Waals surface area contributed by atoms with Gasteiger partial charge in [0, 0.05) is 7.05 Å². The Balaban J connectivity index is 2.54. The molecule has 0 atom stereocenters. The van der Waals surface area contributed by atoms with Gasteiger partial charge in [0.1, 0.15) is 11.5 Å². The van der Waals surface area contributed by atoms with E-state index in [4.69, 9.17) is 0 Å². The maximum Gasteiger partial charge on any atom is 0.244 e. The van der Waals surface area contributed by atoms with E-state index in [1.54, 1.807) is 24.1 Å².